The predicted octanol–water partition coefficient (Wildman–Crippen LogP) is 2.61. The second kappa shape index (κ2) is 4.95. The third-order valence-electron chi connectivity index (χ3n) is 3.54. The minimum Gasteiger partial charge on any atom is -0.340 e. The zero-order valence-electron chi connectivity index (χ0n) is 10.4. The first kappa shape index (κ1) is 11.6. The monoisotopic (exact) mass is 223 g/mol. The molecule has 0 amide bonds. The van der Waals surface area contributed by atoms with Crippen LogP contribution in [0.3, 0.4) is 0 Å². The normalized spacial score (nSPS) is 27.2. The molecule has 1 heterocycles. The van der Waals surface area contributed by atoms with Crippen molar-refractivity contribution in [2.75, 3.05) is 0 Å². The van der Waals surface area contributed by atoms with Gasteiger partial charge < -0.3 is 9.84 Å². The van der Waals surface area contributed by atoms with E-state index in [0.717, 1.165) is 18.2 Å². The van der Waals surface area contributed by atoms with Crippen LogP contribution in [0.4, 0.5) is 0 Å². The Balaban J connectivity index is 2.00. The summed E-state index contributed by atoms with van der Waals surface area (Å²) in [4.78, 5) is 4.31. The molecule has 4 nitrogen and oxygen atoms in total. The van der Waals surface area contributed by atoms with Crippen molar-refractivity contribution in [1.29, 1.82) is 0 Å². The van der Waals surface area contributed by atoms with Gasteiger partial charge in [-0.05, 0) is 25.2 Å². The van der Waals surface area contributed by atoms with Crippen molar-refractivity contribution in [3.63, 3.8) is 0 Å². The lowest BCUT2D eigenvalue weighted by Crippen LogP contribution is -2.34. The molecule has 0 saturated heterocycles. The van der Waals surface area contributed by atoms with Gasteiger partial charge in [0.15, 0.2) is 5.82 Å². The summed E-state index contributed by atoms with van der Waals surface area (Å²) in [7, 11) is 0. The fourth-order valence-electron chi connectivity index (χ4n) is 2.48. The highest BCUT2D eigenvalue weighted by Crippen LogP contribution is 2.27. The van der Waals surface area contributed by atoms with Crippen LogP contribution in [0.15, 0.2) is 4.52 Å². The number of aryl methyl sites for hydroxylation is 1. The van der Waals surface area contributed by atoms with Crippen LogP contribution in [0, 0.1) is 12.8 Å². The van der Waals surface area contributed by atoms with Crippen molar-refractivity contribution in [3.05, 3.63) is 11.7 Å². The van der Waals surface area contributed by atoms with E-state index >= 15 is 0 Å². The van der Waals surface area contributed by atoms with E-state index in [1.807, 2.05) is 6.92 Å². The maximum absolute atomic E-state index is 5.04. The first-order valence-corrected chi connectivity index (χ1v) is 6.27. The zero-order chi connectivity index (χ0) is 11.5. The van der Waals surface area contributed by atoms with Gasteiger partial charge in [0, 0.05) is 13.0 Å². The Morgan fingerprint density at radius 2 is 2.31 bits per heavy atom. The molecular weight excluding hydrogens is 202 g/mol. The van der Waals surface area contributed by atoms with Gasteiger partial charge in [-0.2, -0.15) is 4.98 Å². The van der Waals surface area contributed by atoms with Crippen molar-refractivity contribution in [2.45, 2.75) is 58.5 Å². The van der Waals surface area contributed by atoms with Crippen molar-refractivity contribution in [1.82, 2.24) is 15.5 Å². The molecule has 1 aliphatic rings. The average Bonchev–Trinajstić information content (AvgIpc) is 2.85. The number of rotatable bonds is 4. The molecule has 3 unspecified atom stereocenters. The Labute approximate surface area is 96.8 Å². The van der Waals surface area contributed by atoms with Gasteiger partial charge in [0.2, 0.25) is 5.89 Å². The highest BCUT2D eigenvalue weighted by atomic mass is 16.5. The minimum atomic E-state index is 0.239. The van der Waals surface area contributed by atoms with Crippen LogP contribution in [0.25, 0.3) is 0 Å². The standard InChI is InChI=1S/C12H21N3O/c1-4-10(12-13-9(3)16-15-12)14-11-7-5-6-8(11)2/h8,10-11,14H,4-7H2,1-3H3. The van der Waals surface area contributed by atoms with Crippen molar-refractivity contribution >= 4 is 0 Å². The topological polar surface area (TPSA) is 51.0 Å². The summed E-state index contributed by atoms with van der Waals surface area (Å²) in [6, 6.07) is 0.853. The van der Waals surface area contributed by atoms with Gasteiger partial charge in [-0.1, -0.05) is 25.4 Å². The lowest BCUT2D eigenvalue weighted by Gasteiger charge is -2.22. The van der Waals surface area contributed by atoms with E-state index in [0.29, 0.717) is 11.9 Å². The molecular formula is C12H21N3O. The number of nitrogens with one attached hydrogen (secondary N) is 1. The summed E-state index contributed by atoms with van der Waals surface area (Å²) in [6.07, 6.45) is 4.94. The lowest BCUT2D eigenvalue weighted by atomic mass is 10.0. The van der Waals surface area contributed by atoms with Crippen LogP contribution in [0.2, 0.25) is 0 Å². The highest BCUT2D eigenvalue weighted by molar-refractivity contribution is 4.95. The van der Waals surface area contributed by atoms with E-state index in [4.69, 9.17) is 4.52 Å². The van der Waals surface area contributed by atoms with Gasteiger partial charge in [-0.25, -0.2) is 0 Å². The molecule has 1 aromatic heterocycles. The summed E-state index contributed by atoms with van der Waals surface area (Å²) in [5, 5.41) is 7.67. The van der Waals surface area contributed by atoms with Gasteiger partial charge in [0.25, 0.3) is 0 Å². The summed E-state index contributed by atoms with van der Waals surface area (Å²) in [5.41, 5.74) is 0. The van der Waals surface area contributed by atoms with Gasteiger partial charge in [-0.15, -0.1) is 0 Å². The summed E-state index contributed by atoms with van der Waals surface area (Å²) in [5.74, 6) is 2.22. The van der Waals surface area contributed by atoms with Crippen LogP contribution in [-0.4, -0.2) is 16.2 Å². The second-order valence-electron chi connectivity index (χ2n) is 4.81. The molecule has 1 saturated carbocycles. The van der Waals surface area contributed by atoms with Gasteiger partial charge in [0.1, 0.15) is 0 Å². The molecule has 1 aliphatic carbocycles. The SMILES string of the molecule is CCC(NC1CCCC1C)c1noc(C)n1. The summed E-state index contributed by atoms with van der Waals surface area (Å²) in [6.45, 7) is 6.31. The third kappa shape index (κ3) is 2.43. The van der Waals surface area contributed by atoms with E-state index in [1.165, 1.54) is 19.3 Å². The molecule has 2 rings (SSSR count). The molecule has 1 N–H and O–H groups in total. The van der Waals surface area contributed by atoms with Crippen LogP contribution in [0.1, 0.15) is 57.3 Å². The molecule has 1 aromatic rings. The fourth-order valence-corrected chi connectivity index (χ4v) is 2.48. The number of hydrogen-bond donors (Lipinski definition) is 1. The van der Waals surface area contributed by atoms with Crippen molar-refractivity contribution in [3.8, 4) is 0 Å². The average molecular weight is 223 g/mol. The predicted molar refractivity (Wildman–Crippen MR) is 62.0 cm³/mol. The quantitative estimate of drug-likeness (QED) is 0.852. The fraction of sp³-hybridized carbons (Fsp3) is 0.833. The summed E-state index contributed by atoms with van der Waals surface area (Å²) >= 11 is 0. The first-order chi connectivity index (χ1) is 7.70. The van der Waals surface area contributed by atoms with Crippen LogP contribution >= 0.6 is 0 Å². The smallest absolute Gasteiger partial charge is 0.223 e. The molecule has 0 bridgehead atoms. The van der Waals surface area contributed by atoms with Gasteiger partial charge in [-0.3, -0.25) is 0 Å². The largest absolute Gasteiger partial charge is 0.340 e. The van der Waals surface area contributed by atoms with E-state index in [1.54, 1.807) is 0 Å². The Kier molecular flexibility index (Phi) is 3.59. The van der Waals surface area contributed by atoms with Crippen molar-refractivity contribution in [2.24, 2.45) is 5.92 Å². The lowest BCUT2D eigenvalue weighted by molar-refractivity contribution is 0.340. The maximum Gasteiger partial charge on any atom is 0.223 e. The van der Waals surface area contributed by atoms with E-state index < -0.39 is 0 Å². The zero-order valence-corrected chi connectivity index (χ0v) is 10.4. The molecule has 0 aromatic carbocycles. The molecule has 3 atom stereocenters. The first-order valence-electron chi connectivity index (χ1n) is 6.27. The molecule has 0 radical (unpaired) electrons. The minimum absolute atomic E-state index is 0.239. The van der Waals surface area contributed by atoms with E-state index in [2.05, 4.69) is 29.3 Å². The molecule has 1 fully saturated rings. The molecule has 4 heteroatoms. The molecule has 0 spiro atoms. The number of aromatic nitrogens is 2. The van der Waals surface area contributed by atoms with Crippen LogP contribution in [-0.2, 0) is 0 Å². The van der Waals surface area contributed by atoms with Crippen molar-refractivity contribution < 1.29 is 4.52 Å². The molecule has 90 valence electrons. The van der Waals surface area contributed by atoms with Crippen LogP contribution < -0.4 is 5.32 Å². The van der Waals surface area contributed by atoms with Crippen LogP contribution in [0.5, 0.6) is 0 Å². The summed E-state index contributed by atoms with van der Waals surface area (Å²) < 4.78 is 5.04. The molecule has 0 aliphatic heterocycles. The van der Waals surface area contributed by atoms with Gasteiger partial charge in [0.05, 0.1) is 6.04 Å². The Bertz CT molecular complexity index is 337. The van der Waals surface area contributed by atoms with Gasteiger partial charge >= 0.3 is 0 Å². The number of nitrogens with zero attached hydrogens (tertiary/aromatic N) is 2. The highest BCUT2D eigenvalue weighted by Gasteiger charge is 2.27. The number of hydrogen-bond acceptors (Lipinski definition) is 4. The second-order valence-corrected chi connectivity index (χ2v) is 4.81. The van der Waals surface area contributed by atoms with E-state index in [-0.39, 0.29) is 6.04 Å². The third-order valence-corrected chi connectivity index (χ3v) is 3.54. The molecule has 16 heavy (non-hydrogen) atoms. The Morgan fingerprint density at radius 3 is 2.81 bits per heavy atom. The van der Waals surface area contributed by atoms with E-state index in [9.17, 15) is 0 Å². The Hall–Kier alpha value is -0.900. The Morgan fingerprint density at radius 1 is 1.50 bits per heavy atom. The maximum atomic E-state index is 5.04.